The standard InChI is InChI=1S/C37H34F3N7O4/c1-3-23-26(39)7-6-20-12-22(48)13-24(27(20)23)28-30(40)32-29(25-16-45(2)44-31(25)28)33(46-10-5-9-37(18-46)17-41-35(49)51-37)43-34(42-32)50-19-36-8-4-11-47(36)15-21(38)14-36/h1,6-7,12-13,16,21,48H,4-5,8-11,14-15,17-19H2,2H3,(H,41,49)/t21-,36+,37?/m1/s1. The number of amides is 1. The van der Waals surface area contributed by atoms with Gasteiger partial charge in [0.25, 0.3) is 0 Å². The molecule has 262 valence electrons. The number of ether oxygens (including phenoxy) is 2. The Labute approximate surface area is 290 Å². The number of carbonyl (C=O) groups is 1. The van der Waals surface area contributed by atoms with E-state index in [1.165, 1.54) is 28.9 Å². The SMILES string of the molecule is C#Cc1c(F)ccc2cc(O)cc(-c3c(F)c4nc(OC[C@@]56CCCN5C[C@H](F)C6)nc(N5CCCC6(CNC(=O)O6)C5)c4c4cn(C)nc34)c12. The van der Waals surface area contributed by atoms with Gasteiger partial charge in [-0.25, -0.2) is 18.0 Å². The molecule has 4 fully saturated rings. The maximum atomic E-state index is 17.6. The van der Waals surface area contributed by atoms with Gasteiger partial charge in [-0.15, -0.1) is 6.42 Å². The van der Waals surface area contributed by atoms with Crippen molar-refractivity contribution in [2.45, 2.75) is 49.4 Å². The molecule has 2 N–H and O–H groups in total. The number of aromatic hydroxyl groups is 1. The molecule has 1 unspecified atom stereocenters. The number of hydrogen-bond acceptors (Lipinski definition) is 9. The lowest BCUT2D eigenvalue weighted by Crippen LogP contribution is -2.51. The minimum absolute atomic E-state index is 0.0302. The van der Waals surface area contributed by atoms with E-state index in [1.807, 2.05) is 4.90 Å². The van der Waals surface area contributed by atoms with Gasteiger partial charge in [0.15, 0.2) is 5.82 Å². The number of phenols is 1. The first kappa shape index (κ1) is 31.7. The molecular formula is C37H34F3N7O4. The van der Waals surface area contributed by atoms with Gasteiger partial charge in [-0.1, -0.05) is 12.0 Å². The molecule has 0 aliphatic carbocycles. The van der Waals surface area contributed by atoms with Gasteiger partial charge in [-0.3, -0.25) is 9.58 Å². The number of carbonyl (C=O) groups excluding carboxylic acids is 1. The van der Waals surface area contributed by atoms with Gasteiger partial charge in [0.05, 0.1) is 29.6 Å². The second kappa shape index (κ2) is 11.4. The van der Waals surface area contributed by atoms with Gasteiger partial charge in [-0.05, 0) is 61.4 Å². The number of rotatable bonds is 5. The molecule has 11 nitrogen and oxygen atoms in total. The number of aryl methyl sites for hydroxylation is 1. The van der Waals surface area contributed by atoms with Crippen LogP contribution < -0.4 is 15.0 Å². The van der Waals surface area contributed by atoms with E-state index in [-0.39, 0.29) is 58.0 Å². The van der Waals surface area contributed by atoms with Crippen LogP contribution in [0.3, 0.4) is 0 Å². The Morgan fingerprint density at radius 3 is 2.80 bits per heavy atom. The van der Waals surface area contributed by atoms with Crippen LogP contribution >= 0.6 is 0 Å². The highest BCUT2D eigenvalue weighted by atomic mass is 19.1. The fourth-order valence-corrected chi connectivity index (χ4v) is 8.87. The van der Waals surface area contributed by atoms with E-state index in [1.54, 1.807) is 13.2 Å². The van der Waals surface area contributed by atoms with Crippen molar-refractivity contribution < 1.29 is 32.5 Å². The fourth-order valence-electron chi connectivity index (χ4n) is 8.87. The van der Waals surface area contributed by atoms with Crippen molar-refractivity contribution in [3.05, 3.63) is 47.7 Å². The van der Waals surface area contributed by atoms with E-state index < -0.39 is 35.0 Å². The Kier molecular flexibility index (Phi) is 7.06. The molecule has 4 aliphatic heterocycles. The summed E-state index contributed by atoms with van der Waals surface area (Å²) in [6, 6.07) is 5.38. The van der Waals surface area contributed by atoms with Crippen molar-refractivity contribution in [1.29, 1.82) is 0 Å². The molecule has 3 atom stereocenters. The number of fused-ring (bicyclic) bond motifs is 5. The van der Waals surface area contributed by atoms with E-state index in [0.29, 0.717) is 60.9 Å². The topological polar surface area (TPSA) is 118 Å². The highest BCUT2D eigenvalue weighted by Gasteiger charge is 2.50. The number of piperidine rings is 1. The minimum Gasteiger partial charge on any atom is -0.508 e. The zero-order valence-corrected chi connectivity index (χ0v) is 27.8. The lowest BCUT2D eigenvalue weighted by atomic mass is 9.91. The molecule has 3 aromatic carbocycles. The number of phenolic OH excluding ortho intramolecular Hbond substituents is 1. The van der Waals surface area contributed by atoms with Crippen molar-refractivity contribution in [2.75, 3.05) is 44.2 Å². The van der Waals surface area contributed by atoms with Crippen LogP contribution in [0.2, 0.25) is 0 Å². The van der Waals surface area contributed by atoms with Crippen molar-refractivity contribution in [3.8, 4) is 35.2 Å². The predicted molar refractivity (Wildman–Crippen MR) is 183 cm³/mol. The number of alkyl halides is 1. The van der Waals surface area contributed by atoms with Gasteiger partial charge in [0.2, 0.25) is 0 Å². The quantitative estimate of drug-likeness (QED) is 0.235. The van der Waals surface area contributed by atoms with Crippen LogP contribution in [0.4, 0.5) is 23.8 Å². The number of nitrogens with zero attached hydrogens (tertiary/aromatic N) is 6. The summed E-state index contributed by atoms with van der Waals surface area (Å²) in [6.07, 6.45) is 9.35. The Balaban J connectivity index is 1.29. The summed E-state index contributed by atoms with van der Waals surface area (Å²) < 4.78 is 61.0. The van der Waals surface area contributed by atoms with Gasteiger partial charge in [-0.2, -0.15) is 15.1 Å². The zero-order chi connectivity index (χ0) is 35.2. The molecule has 1 amide bonds. The molecule has 9 rings (SSSR count). The number of aromatic nitrogens is 4. The summed E-state index contributed by atoms with van der Waals surface area (Å²) in [5, 5.41) is 19.7. The maximum absolute atomic E-state index is 17.6. The molecule has 0 saturated carbocycles. The van der Waals surface area contributed by atoms with Crippen molar-refractivity contribution in [2.24, 2.45) is 7.05 Å². The molecule has 6 heterocycles. The molecule has 51 heavy (non-hydrogen) atoms. The smallest absolute Gasteiger partial charge is 0.407 e. The second-order valence-electron chi connectivity index (χ2n) is 14.3. The van der Waals surface area contributed by atoms with E-state index in [0.717, 1.165) is 19.4 Å². The third-order valence-corrected chi connectivity index (χ3v) is 11.0. The molecule has 14 heteroatoms. The number of terminal acetylenes is 1. The van der Waals surface area contributed by atoms with Gasteiger partial charge in [0.1, 0.15) is 46.8 Å². The van der Waals surface area contributed by atoms with E-state index in [4.69, 9.17) is 20.9 Å². The first-order valence-electron chi connectivity index (χ1n) is 17.1. The zero-order valence-electron chi connectivity index (χ0n) is 27.8. The highest BCUT2D eigenvalue weighted by molar-refractivity contribution is 6.18. The number of nitrogens with one attached hydrogen (secondary N) is 1. The van der Waals surface area contributed by atoms with Gasteiger partial charge >= 0.3 is 12.1 Å². The lowest BCUT2D eigenvalue weighted by Gasteiger charge is -2.39. The van der Waals surface area contributed by atoms with Crippen molar-refractivity contribution in [1.82, 2.24) is 30.0 Å². The summed E-state index contributed by atoms with van der Waals surface area (Å²) in [6.45, 7) is 2.35. The summed E-state index contributed by atoms with van der Waals surface area (Å²) in [5.74, 6) is 1.13. The monoisotopic (exact) mass is 697 g/mol. The second-order valence-corrected chi connectivity index (χ2v) is 14.3. The number of benzene rings is 3. The van der Waals surface area contributed by atoms with E-state index in [2.05, 4.69) is 26.2 Å². The molecule has 5 aromatic rings. The Bertz CT molecular complexity index is 2340. The minimum atomic E-state index is -0.969. The average molecular weight is 698 g/mol. The van der Waals surface area contributed by atoms with Crippen LogP contribution in [-0.2, 0) is 11.8 Å². The number of anilines is 1. The van der Waals surface area contributed by atoms with E-state index in [9.17, 15) is 14.3 Å². The van der Waals surface area contributed by atoms with Crippen LogP contribution in [0.15, 0.2) is 30.5 Å². The number of halogens is 3. The summed E-state index contributed by atoms with van der Waals surface area (Å²) in [7, 11) is 1.70. The number of hydrogen-bond donors (Lipinski definition) is 2. The van der Waals surface area contributed by atoms with Crippen LogP contribution in [0.5, 0.6) is 11.8 Å². The third kappa shape index (κ3) is 4.92. The van der Waals surface area contributed by atoms with Crippen LogP contribution in [-0.4, -0.2) is 92.5 Å². The van der Waals surface area contributed by atoms with Crippen molar-refractivity contribution in [3.63, 3.8) is 0 Å². The van der Waals surface area contributed by atoms with Crippen LogP contribution in [0.1, 0.15) is 37.7 Å². The molecule has 0 radical (unpaired) electrons. The molecule has 4 saturated heterocycles. The average Bonchev–Trinajstić information content (AvgIpc) is 3.85. The summed E-state index contributed by atoms with van der Waals surface area (Å²) in [5.41, 5.74) is -1.15. The summed E-state index contributed by atoms with van der Waals surface area (Å²) in [4.78, 5) is 25.8. The first-order valence-corrected chi connectivity index (χ1v) is 17.1. The predicted octanol–water partition coefficient (Wildman–Crippen LogP) is 5.34. The Hall–Kier alpha value is -5.29. The van der Waals surface area contributed by atoms with E-state index >= 15 is 8.78 Å². The summed E-state index contributed by atoms with van der Waals surface area (Å²) >= 11 is 0. The van der Waals surface area contributed by atoms with Crippen LogP contribution in [0, 0.1) is 24.0 Å². The normalized spacial score (nSPS) is 24.8. The van der Waals surface area contributed by atoms with Gasteiger partial charge in [0, 0.05) is 49.1 Å². The third-order valence-electron chi connectivity index (χ3n) is 11.0. The molecule has 0 bridgehead atoms. The van der Waals surface area contributed by atoms with Gasteiger partial charge < -0.3 is 24.8 Å². The van der Waals surface area contributed by atoms with Crippen LogP contribution in [0.25, 0.3) is 43.7 Å². The lowest BCUT2D eigenvalue weighted by molar-refractivity contribution is 0.0445. The Morgan fingerprint density at radius 1 is 1.16 bits per heavy atom. The first-order chi connectivity index (χ1) is 24.6. The molecule has 1 spiro atoms. The highest BCUT2D eigenvalue weighted by Crippen LogP contribution is 2.46. The molecule has 4 aliphatic rings. The van der Waals surface area contributed by atoms with Crippen molar-refractivity contribution >= 4 is 44.5 Å². The Morgan fingerprint density at radius 2 is 2.00 bits per heavy atom. The molecular weight excluding hydrogens is 663 g/mol. The number of alkyl carbamates (subject to hydrolysis) is 1. The maximum Gasteiger partial charge on any atom is 0.407 e. The molecule has 2 aromatic heterocycles. The fraction of sp³-hybridized carbons (Fsp3) is 0.405. The largest absolute Gasteiger partial charge is 0.508 e.